The minimum absolute atomic E-state index is 0.00767. The average molecular weight is 290 g/mol. The highest BCUT2D eigenvalue weighted by Gasteiger charge is 2.22. The van der Waals surface area contributed by atoms with Crippen LogP contribution in [0.4, 0.5) is 4.79 Å². The smallest absolute Gasteiger partial charge is 0.317 e. The van der Waals surface area contributed by atoms with Gasteiger partial charge in [-0.05, 0) is 31.2 Å². The van der Waals surface area contributed by atoms with Gasteiger partial charge in [-0.15, -0.1) is 0 Å². The number of hydrogen-bond acceptors (Lipinski definition) is 2. The van der Waals surface area contributed by atoms with Gasteiger partial charge in [-0.3, -0.25) is 0 Å². The number of carbonyl (C=O) groups is 1. The number of rotatable bonds is 5. The van der Waals surface area contributed by atoms with E-state index in [4.69, 9.17) is 4.74 Å². The second kappa shape index (κ2) is 8.03. The van der Waals surface area contributed by atoms with E-state index < -0.39 is 0 Å². The van der Waals surface area contributed by atoms with E-state index in [0.29, 0.717) is 6.61 Å². The van der Waals surface area contributed by atoms with Crippen LogP contribution in [-0.2, 0) is 11.2 Å². The van der Waals surface area contributed by atoms with Crippen molar-refractivity contribution in [1.29, 1.82) is 0 Å². The zero-order valence-electron chi connectivity index (χ0n) is 13.0. The first-order chi connectivity index (χ1) is 10.2. The monoisotopic (exact) mass is 290 g/mol. The highest BCUT2D eigenvalue weighted by Crippen LogP contribution is 2.12. The van der Waals surface area contributed by atoms with E-state index >= 15 is 0 Å². The minimum atomic E-state index is 0.00767. The van der Waals surface area contributed by atoms with E-state index in [2.05, 4.69) is 24.4 Å². The fraction of sp³-hybridized carbons (Fsp3) is 0.588. The second-order valence-corrected chi connectivity index (χ2v) is 5.73. The second-order valence-electron chi connectivity index (χ2n) is 5.73. The van der Waals surface area contributed by atoms with Gasteiger partial charge in [-0.2, -0.15) is 0 Å². The SMILES string of the molecule is CCC(Cc1ccccc1)N(C)C(=O)NC1CCCOC1. The molecule has 1 heterocycles. The Morgan fingerprint density at radius 3 is 2.81 bits per heavy atom. The summed E-state index contributed by atoms with van der Waals surface area (Å²) in [6, 6.07) is 10.7. The number of hydrogen-bond donors (Lipinski definition) is 1. The Labute approximate surface area is 127 Å². The highest BCUT2D eigenvalue weighted by atomic mass is 16.5. The summed E-state index contributed by atoms with van der Waals surface area (Å²) in [6.07, 6.45) is 3.87. The van der Waals surface area contributed by atoms with E-state index in [1.54, 1.807) is 0 Å². The lowest BCUT2D eigenvalue weighted by molar-refractivity contribution is 0.0702. The zero-order valence-corrected chi connectivity index (χ0v) is 13.0. The first kappa shape index (κ1) is 15.8. The summed E-state index contributed by atoms with van der Waals surface area (Å²) in [5.41, 5.74) is 1.27. The molecule has 1 aliphatic heterocycles. The molecule has 1 N–H and O–H groups in total. The van der Waals surface area contributed by atoms with Crippen LogP contribution in [0.1, 0.15) is 31.7 Å². The molecule has 0 bridgehead atoms. The maximum atomic E-state index is 12.4. The number of urea groups is 1. The molecule has 4 heteroatoms. The molecule has 2 unspecified atom stereocenters. The maximum absolute atomic E-state index is 12.4. The predicted molar refractivity (Wildman–Crippen MR) is 84.4 cm³/mol. The summed E-state index contributed by atoms with van der Waals surface area (Å²) in [4.78, 5) is 14.2. The van der Waals surface area contributed by atoms with E-state index in [0.717, 1.165) is 32.3 Å². The Morgan fingerprint density at radius 1 is 1.43 bits per heavy atom. The quantitative estimate of drug-likeness (QED) is 0.906. The summed E-state index contributed by atoms with van der Waals surface area (Å²) in [5, 5.41) is 3.08. The van der Waals surface area contributed by atoms with E-state index in [9.17, 15) is 4.79 Å². The molecule has 1 fully saturated rings. The molecule has 1 aliphatic rings. The number of nitrogens with zero attached hydrogens (tertiary/aromatic N) is 1. The summed E-state index contributed by atoms with van der Waals surface area (Å²) in [6.45, 7) is 3.57. The lowest BCUT2D eigenvalue weighted by Gasteiger charge is -2.31. The largest absolute Gasteiger partial charge is 0.379 e. The Bertz CT molecular complexity index is 430. The van der Waals surface area contributed by atoms with Gasteiger partial charge in [-0.25, -0.2) is 4.79 Å². The molecule has 0 aromatic heterocycles. The third kappa shape index (κ3) is 4.74. The lowest BCUT2D eigenvalue weighted by atomic mass is 10.0. The van der Waals surface area contributed by atoms with Gasteiger partial charge in [0.25, 0.3) is 0 Å². The van der Waals surface area contributed by atoms with Crippen LogP contribution < -0.4 is 5.32 Å². The van der Waals surface area contributed by atoms with Gasteiger partial charge in [0, 0.05) is 19.7 Å². The van der Waals surface area contributed by atoms with Crippen molar-refractivity contribution in [2.45, 2.75) is 44.7 Å². The average Bonchev–Trinajstić information content (AvgIpc) is 2.54. The molecule has 0 aliphatic carbocycles. The molecule has 0 saturated carbocycles. The molecule has 2 amide bonds. The minimum Gasteiger partial charge on any atom is -0.379 e. The Hall–Kier alpha value is -1.55. The molecule has 4 nitrogen and oxygen atoms in total. The summed E-state index contributed by atoms with van der Waals surface area (Å²) < 4.78 is 5.41. The Balaban J connectivity index is 1.89. The molecule has 1 aromatic rings. The van der Waals surface area contributed by atoms with Crippen LogP contribution in [0.5, 0.6) is 0 Å². The molecule has 0 spiro atoms. The molecular formula is C17H26N2O2. The van der Waals surface area contributed by atoms with Crippen molar-refractivity contribution in [3.8, 4) is 0 Å². The van der Waals surface area contributed by atoms with Gasteiger partial charge in [0.1, 0.15) is 0 Å². The normalized spacial score (nSPS) is 19.8. The van der Waals surface area contributed by atoms with Gasteiger partial charge < -0.3 is 15.0 Å². The van der Waals surface area contributed by atoms with Crippen LogP contribution >= 0.6 is 0 Å². The number of carbonyl (C=O) groups excluding carboxylic acids is 1. The third-order valence-corrected chi connectivity index (χ3v) is 4.14. The zero-order chi connectivity index (χ0) is 15.1. The first-order valence-electron chi connectivity index (χ1n) is 7.85. The van der Waals surface area contributed by atoms with Crippen molar-refractivity contribution >= 4 is 6.03 Å². The molecule has 1 saturated heterocycles. The molecule has 1 aromatic carbocycles. The van der Waals surface area contributed by atoms with Crippen LogP contribution in [0.15, 0.2) is 30.3 Å². The molecule has 2 rings (SSSR count). The van der Waals surface area contributed by atoms with Crippen LogP contribution in [0.3, 0.4) is 0 Å². The van der Waals surface area contributed by atoms with Crippen LogP contribution in [0, 0.1) is 0 Å². The van der Waals surface area contributed by atoms with E-state index in [1.165, 1.54) is 5.56 Å². The molecular weight excluding hydrogens is 264 g/mol. The van der Waals surface area contributed by atoms with Gasteiger partial charge in [0.2, 0.25) is 0 Å². The summed E-state index contributed by atoms with van der Waals surface area (Å²) in [5.74, 6) is 0. The number of ether oxygens (including phenoxy) is 1. The molecule has 116 valence electrons. The van der Waals surface area contributed by atoms with Gasteiger partial charge in [-0.1, -0.05) is 37.3 Å². The lowest BCUT2D eigenvalue weighted by Crippen LogP contribution is -2.49. The van der Waals surface area contributed by atoms with Crippen molar-refractivity contribution in [1.82, 2.24) is 10.2 Å². The Morgan fingerprint density at radius 2 is 2.19 bits per heavy atom. The van der Waals surface area contributed by atoms with Crippen molar-refractivity contribution in [3.63, 3.8) is 0 Å². The standard InChI is InChI=1S/C17H26N2O2/c1-3-16(12-14-8-5-4-6-9-14)19(2)17(20)18-15-10-7-11-21-13-15/h4-6,8-9,15-16H,3,7,10-13H2,1-2H3,(H,18,20). The maximum Gasteiger partial charge on any atom is 0.317 e. The number of nitrogens with one attached hydrogen (secondary N) is 1. The van der Waals surface area contributed by atoms with Gasteiger partial charge in [0.15, 0.2) is 0 Å². The summed E-state index contributed by atoms with van der Waals surface area (Å²) >= 11 is 0. The highest BCUT2D eigenvalue weighted by molar-refractivity contribution is 5.74. The van der Waals surface area contributed by atoms with Crippen LogP contribution in [0.25, 0.3) is 0 Å². The van der Waals surface area contributed by atoms with E-state index in [1.807, 2.05) is 30.1 Å². The molecule has 2 atom stereocenters. The van der Waals surface area contributed by atoms with Crippen LogP contribution in [-0.4, -0.2) is 43.3 Å². The Kier molecular flexibility index (Phi) is 6.05. The number of benzene rings is 1. The number of likely N-dealkylation sites (N-methyl/N-ethyl adjacent to an activating group) is 1. The van der Waals surface area contributed by atoms with Crippen molar-refractivity contribution < 1.29 is 9.53 Å². The molecule has 21 heavy (non-hydrogen) atoms. The first-order valence-corrected chi connectivity index (χ1v) is 7.85. The summed E-state index contributed by atoms with van der Waals surface area (Å²) in [7, 11) is 1.89. The van der Waals surface area contributed by atoms with Gasteiger partial charge >= 0.3 is 6.03 Å². The molecule has 0 radical (unpaired) electrons. The van der Waals surface area contributed by atoms with Crippen LogP contribution in [0.2, 0.25) is 0 Å². The van der Waals surface area contributed by atoms with Crippen molar-refractivity contribution in [3.05, 3.63) is 35.9 Å². The fourth-order valence-corrected chi connectivity index (χ4v) is 2.74. The van der Waals surface area contributed by atoms with Crippen molar-refractivity contribution in [2.75, 3.05) is 20.3 Å². The predicted octanol–water partition coefficient (Wildman–Crippen LogP) is 2.83. The fourth-order valence-electron chi connectivity index (χ4n) is 2.74. The van der Waals surface area contributed by atoms with E-state index in [-0.39, 0.29) is 18.1 Å². The van der Waals surface area contributed by atoms with Crippen molar-refractivity contribution in [2.24, 2.45) is 0 Å². The van der Waals surface area contributed by atoms with Gasteiger partial charge in [0.05, 0.1) is 12.6 Å². The topological polar surface area (TPSA) is 41.6 Å². The number of amides is 2. The third-order valence-electron chi connectivity index (χ3n) is 4.14.